The van der Waals surface area contributed by atoms with Crippen LogP contribution in [0.2, 0.25) is 0 Å². The van der Waals surface area contributed by atoms with Crippen LogP contribution in [-0.2, 0) is 22.0 Å². The highest BCUT2D eigenvalue weighted by Crippen LogP contribution is 2.61. The van der Waals surface area contributed by atoms with Crippen LogP contribution in [-0.4, -0.2) is 18.1 Å². The molecule has 0 aromatic heterocycles. The predicted octanol–water partition coefficient (Wildman–Crippen LogP) is 12.3. The molecule has 10 aromatic rings. The van der Waals surface area contributed by atoms with E-state index >= 15 is 0 Å². The van der Waals surface area contributed by atoms with Crippen molar-refractivity contribution in [1.82, 2.24) is 0 Å². The first-order chi connectivity index (χ1) is 33.3. The van der Waals surface area contributed by atoms with Gasteiger partial charge in [0.2, 0.25) is 0 Å². The smallest absolute Gasteiger partial charge is 0.141 e. The zero-order chi connectivity index (χ0) is 45.8. The summed E-state index contributed by atoms with van der Waals surface area (Å²) in [4.78, 5) is 0. The first-order valence-corrected chi connectivity index (χ1v) is 24.2. The molecule has 2 nitrogen and oxygen atoms in total. The Morgan fingerprint density at radius 2 is 0.632 bits per heavy atom. The number of fused-ring (bicyclic) bond motifs is 8. The quantitative estimate of drug-likeness (QED) is 0.163. The minimum atomic E-state index is -1.68. The van der Waals surface area contributed by atoms with E-state index in [1.54, 1.807) is 0 Å². The number of hydrogen-bond acceptors (Lipinski definition) is 2. The van der Waals surface area contributed by atoms with Gasteiger partial charge >= 0.3 is 0 Å². The van der Waals surface area contributed by atoms with Gasteiger partial charge in [-0.25, -0.2) is 0 Å². The molecule has 13 rings (SSSR count). The molecule has 0 saturated heterocycles. The van der Waals surface area contributed by atoms with E-state index in [2.05, 4.69) is 242 Å². The molecule has 2 N–H and O–H groups in total. The number of halogens is 1. The molecule has 4 heteroatoms. The predicted molar refractivity (Wildman–Crippen MR) is 280 cm³/mol. The molecule has 3 aliphatic rings. The maximum absolute atomic E-state index is 14.2. The lowest BCUT2D eigenvalue weighted by atomic mass is 9.61. The van der Waals surface area contributed by atoms with Gasteiger partial charge in [0, 0.05) is 10.0 Å². The molecule has 0 bridgehead atoms. The molecule has 2 unspecified atom stereocenters. The van der Waals surface area contributed by atoms with Crippen molar-refractivity contribution in [2.75, 3.05) is 0 Å². The Morgan fingerprint density at radius 3 is 1.06 bits per heavy atom. The number of rotatable bonds is 6. The first kappa shape index (κ1) is 40.9. The summed E-state index contributed by atoms with van der Waals surface area (Å²) in [5.74, 6) is 0. The van der Waals surface area contributed by atoms with Crippen molar-refractivity contribution < 1.29 is 10.2 Å². The fourth-order valence-corrected chi connectivity index (χ4v) is 13.0. The molecule has 0 amide bonds. The number of aliphatic hydroxyl groups is 2. The number of hydrogen-bond donors (Lipinski definition) is 2. The van der Waals surface area contributed by atoms with Crippen molar-refractivity contribution in [1.29, 1.82) is 0 Å². The van der Waals surface area contributed by atoms with Crippen LogP contribution in [0.3, 0.4) is 0 Å². The SMILES string of the molecule is Bc1ccc2c(c1)C(O)(c1ccc3c(c1)C(c1ccccc1)(c1ccccc1)c1ccccc1-3)c1ccc(Br)cc1C2(O)c1ccc2c(c1)C(c1ccccc1)(c1ccccc1)c1ccccc1-2. The lowest BCUT2D eigenvalue weighted by Crippen LogP contribution is -2.45. The Kier molecular flexibility index (Phi) is 9.07. The van der Waals surface area contributed by atoms with Gasteiger partial charge in [-0.15, -0.1) is 0 Å². The van der Waals surface area contributed by atoms with Crippen molar-refractivity contribution in [2.45, 2.75) is 22.0 Å². The van der Waals surface area contributed by atoms with Gasteiger partial charge in [-0.3, -0.25) is 0 Å². The molecular weight excluding hydrogens is 891 g/mol. The van der Waals surface area contributed by atoms with E-state index in [0.717, 1.165) is 65.6 Å². The lowest BCUT2D eigenvalue weighted by Gasteiger charge is -2.46. The highest BCUT2D eigenvalue weighted by molar-refractivity contribution is 9.10. The summed E-state index contributed by atoms with van der Waals surface area (Å²) in [5, 5.41) is 28.5. The molecule has 68 heavy (non-hydrogen) atoms. The van der Waals surface area contributed by atoms with Crippen LogP contribution >= 0.6 is 15.9 Å². The molecular formula is C64H44BBrO2. The molecule has 0 saturated carbocycles. The van der Waals surface area contributed by atoms with Crippen LogP contribution in [0.4, 0.5) is 0 Å². The first-order valence-electron chi connectivity index (χ1n) is 23.4. The van der Waals surface area contributed by atoms with E-state index in [4.69, 9.17) is 0 Å². The Labute approximate surface area is 406 Å². The van der Waals surface area contributed by atoms with Gasteiger partial charge in [0.15, 0.2) is 0 Å². The third-order valence-corrected chi connectivity index (χ3v) is 16.0. The van der Waals surface area contributed by atoms with Gasteiger partial charge in [0.05, 0.1) is 10.8 Å². The van der Waals surface area contributed by atoms with Crippen LogP contribution in [0.15, 0.2) is 247 Å². The van der Waals surface area contributed by atoms with Crippen molar-refractivity contribution in [2.24, 2.45) is 0 Å². The van der Waals surface area contributed by atoms with Crippen LogP contribution in [0.5, 0.6) is 0 Å². The van der Waals surface area contributed by atoms with E-state index in [-0.39, 0.29) is 0 Å². The van der Waals surface area contributed by atoms with Crippen molar-refractivity contribution >= 4 is 29.2 Å². The Bertz CT molecular complexity index is 3310. The van der Waals surface area contributed by atoms with E-state index in [9.17, 15) is 10.2 Å². The molecule has 0 spiro atoms. The van der Waals surface area contributed by atoms with Crippen molar-refractivity contribution in [3.05, 3.63) is 325 Å². The lowest BCUT2D eigenvalue weighted by molar-refractivity contribution is 0.0747. The average Bonchev–Trinajstić information content (AvgIpc) is 3.87. The average molecular weight is 936 g/mol. The van der Waals surface area contributed by atoms with E-state index in [1.165, 1.54) is 22.3 Å². The van der Waals surface area contributed by atoms with Gasteiger partial charge in [0.1, 0.15) is 19.0 Å². The zero-order valence-electron chi connectivity index (χ0n) is 37.4. The van der Waals surface area contributed by atoms with Crippen LogP contribution in [0.1, 0.15) is 77.9 Å². The van der Waals surface area contributed by atoms with Gasteiger partial charge in [0.25, 0.3) is 0 Å². The van der Waals surface area contributed by atoms with E-state index in [1.807, 2.05) is 24.3 Å². The third kappa shape index (κ3) is 5.37. The molecule has 0 radical (unpaired) electrons. The van der Waals surface area contributed by atoms with Gasteiger partial charge in [-0.05, 0) is 107 Å². The second-order valence-corrected chi connectivity index (χ2v) is 19.7. The molecule has 3 aliphatic carbocycles. The molecule has 10 aromatic carbocycles. The monoisotopic (exact) mass is 934 g/mol. The van der Waals surface area contributed by atoms with Gasteiger partial charge in [-0.1, -0.05) is 252 Å². The van der Waals surface area contributed by atoms with Crippen LogP contribution in [0.25, 0.3) is 22.3 Å². The van der Waals surface area contributed by atoms with Crippen molar-refractivity contribution in [3.63, 3.8) is 0 Å². The fraction of sp³-hybridized carbons (Fsp3) is 0.0625. The highest BCUT2D eigenvalue weighted by Gasteiger charge is 2.54. The van der Waals surface area contributed by atoms with Crippen LogP contribution in [0, 0.1) is 0 Å². The summed E-state index contributed by atoms with van der Waals surface area (Å²) in [7, 11) is 2.06. The summed E-state index contributed by atoms with van der Waals surface area (Å²) in [6.07, 6.45) is 0. The molecule has 2 atom stereocenters. The number of benzene rings is 10. The minimum Gasteiger partial charge on any atom is -0.376 e. The van der Waals surface area contributed by atoms with Crippen molar-refractivity contribution in [3.8, 4) is 22.3 Å². The summed E-state index contributed by atoms with van der Waals surface area (Å²) >= 11 is 3.84. The topological polar surface area (TPSA) is 40.5 Å². The second kappa shape index (κ2) is 15.1. The Hall–Kier alpha value is -7.34. The summed E-state index contributed by atoms with van der Waals surface area (Å²) < 4.78 is 0.806. The Balaban J connectivity index is 1.08. The summed E-state index contributed by atoms with van der Waals surface area (Å²) in [6.45, 7) is 0. The van der Waals surface area contributed by atoms with E-state index < -0.39 is 22.0 Å². The third-order valence-electron chi connectivity index (χ3n) is 15.5. The second-order valence-electron chi connectivity index (χ2n) is 18.7. The van der Waals surface area contributed by atoms with Crippen LogP contribution < -0.4 is 5.46 Å². The summed E-state index contributed by atoms with van der Waals surface area (Å²) in [5.41, 5.74) is 14.1. The van der Waals surface area contributed by atoms with Gasteiger partial charge < -0.3 is 10.2 Å². The minimum absolute atomic E-state index is 0.618. The molecule has 0 aliphatic heterocycles. The van der Waals surface area contributed by atoms with E-state index in [0.29, 0.717) is 22.3 Å². The maximum Gasteiger partial charge on any atom is 0.141 e. The molecule has 0 heterocycles. The fourth-order valence-electron chi connectivity index (χ4n) is 12.7. The largest absolute Gasteiger partial charge is 0.376 e. The normalized spacial score (nSPS) is 18.6. The maximum atomic E-state index is 14.2. The highest BCUT2D eigenvalue weighted by atomic mass is 79.9. The standard InChI is InChI=1S/C64H44BBrO2/c65-47-31-35-55-59(39-47)63(67,45-29-33-51-49-25-13-15-27-53(49)61(57(51)37-45,41-17-5-1-6-18-41)42-19-7-2-8-20-42)56-36-32-48(66)40-60(56)64(55,68)46-30-34-52-50-26-14-16-28-54(50)62(58(52)38-46,43-21-9-3-10-22-43)44-23-11-4-12-24-44/h1-40,67-68H,65H2. The Morgan fingerprint density at radius 1 is 0.279 bits per heavy atom. The summed E-state index contributed by atoms with van der Waals surface area (Å²) in [6, 6.07) is 85.8. The van der Waals surface area contributed by atoms with Gasteiger partial charge in [-0.2, -0.15) is 0 Å². The molecule has 322 valence electrons. The molecule has 0 fully saturated rings. The zero-order valence-corrected chi connectivity index (χ0v) is 39.0.